The number of aromatic nitrogens is 3. The van der Waals surface area contributed by atoms with E-state index in [-0.39, 0.29) is 6.42 Å². The van der Waals surface area contributed by atoms with Crippen molar-refractivity contribution in [3.8, 4) is 0 Å². The lowest BCUT2D eigenvalue weighted by Crippen LogP contribution is -2.13. The van der Waals surface area contributed by atoms with E-state index in [0.29, 0.717) is 0 Å². The second kappa shape index (κ2) is 4.99. The molecule has 0 aliphatic rings. The minimum atomic E-state index is -0.828. The number of fused-ring (bicyclic) bond motifs is 1. The average molecular weight is 261 g/mol. The predicted octanol–water partition coefficient (Wildman–Crippen LogP) is 2.10. The highest BCUT2D eigenvalue weighted by Crippen LogP contribution is 2.21. The molecule has 0 spiro atoms. The summed E-state index contributed by atoms with van der Waals surface area (Å²) < 4.78 is 1.81. The molecule has 102 valence electrons. The van der Waals surface area contributed by atoms with Crippen molar-refractivity contribution in [2.45, 2.75) is 47.0 Å². The molecule has 0 atom stereocenters. The lowest BCUT2D eigenvalue weighted by Gasteiger charge is -2.12. The summed E-state index contributed by atoms with van der Waals surface area (Å²) in [6, 6.07) is 0. The second-order valence-corrected chi connectivity index (χ2v) is 4.71. The highest BCUT2D eigenvalue weighted by Gasteiger charge is 2.18. The van der Waals surface area contributed by atoms with Gasteiger partial charge in [0.2, 0.25) is 0 Å². The van der Waals surface area contributed by atoms with Gasteiger partial charge in [0.1, 0.15) is 0 Å². The Balaban J connectivity index is 2.81. The molecule has 2 aromatic rings. The molecular formula is C14H19N3O2. The van der Waals surface area contributed by atoms with Crippen LogP contribution in [0, 0.1) is 13.8 Å². The van der Waals surface area contributed by atoms with Crippen molar-refractivity contribution in [2.24, 2.45) is 0 Å². The Morgan fingerprint density at radius 3 is 2.47 bits per heavy atom. The van der Waals surface area contributed by atoms with Crippen LogP contribution in [0.1, 0.15) is 42.1 Å². The van der Waals surface area contributed by atoms with Crippen molar-refractivity contribution >= 4 is 11.6 Å². The fourth-order valence-corrected chi connectivity index (χ4v) is 2.41. The molecule has 0 fully saturated rings. The van der Waals surface area contributed by atoms with Crippen LogP contribution in [0.5, 0.6) is 0 Å². The molecule has 0 saturated carbocycles. The van der Waals surface area contributed by atoms with E-state index < -0.39 is 5.97 Å². The molecule has 0 bridgehead atoms. The molecule has 5 nitrogen and oxygen atoms in total. The van der Waals surface area contributed by atoms with Crippen LogP contribution in [-0.2, 0) is 24.1 Å². The third kappa shape index (κ3) is 2.20. The summed E-state index contributed by atoms with van der Waals surface area (Å²) in [4.78, 5) is 15.7. The minimum Gasteiger partial charge on any atom is -0.481 e. The predicted molar refractivity (Wildman–Crippen MR) is 72.6 cm³/mol. The summed E-state index contributed by atoms with van der Waals surface area (Å²) >= 11 is 0. The zero-order chi connectivity index (χ0) is 14.2. The molecular weight excluding hydrogens is 242 g/mol. The van der Waals surface area contributed by atoms with Gasteiger partial charge in [0.15, 0.2) is 5.65 Å². The van der Waals surface area contributed by atoms with Crippen molar-refractivity contribution in [3.05, 3.63) is 28.2 Å². The third-order valence-corrected chi connectivity index (χ3v) is 3.52. The van der Waals surface area contributed by atoms with Gasteiger partial charge in [0, 0.05) is 22.5 Å². The fraction of sp³-hybridized carbons (Fsp3) is 0.500. The standard InChI is InChI=1S/C14H19N3O2/c1-5-11-10(7-13(18)19)12(6-2)17-14(15-11)8(3)9(4)16-17/h5-7H2,1-4H3,(H,18,19). The molecule has 19 heavy (non-hydrogen) atoms. The summed E-state index contributed by atoms with van der Waals surface area (Å²) in [7, 11) is 0. The van der Waals surface area contributed by atoms with Gasteiger partial charge in [-0.05, 0) is 26.7 Å². The van der Waals surface area contributed by atoms with Crippen molar-refractivity contribution in [2.75, 3.05) is 0 Å². The van der Waals surface area contributed by atoms with E-state index in [2.05, 4.69) is 10.1 Å². The van der Waals surface area contributed by atoms with Gasteiger partial charge in [-0.3, -0.25) is 4.79 Å². The average Bonchev–Trinajstić information content (AvgIpc) is 2.64. The lowest BCUT2D eigenvalue weighted by atomic mass is 10.0. The van der Waals surface area contributed by atoms with Crippen LogP contribution in [-0.4, -0.2) is 25.7 Å². The number of carboxylic acid groups (broad SMARTS) is 1. The summed E-state index contributed by atoms with van der Waals surface area (Å²) in [6.07, 6.45) is 1.48. The molecule has 0 aliphatic carbocycles. The molecule has 1 N–H and O–H groups in total. The van der Waals surface area contributed by atoms with E-state index in [1.54, 1.807) is 0 Å². The van der Waals surface area contributed by atoms with Crippen molar-refractivity contribution in [1.82, 2.24) is 14.6 Å². The van der Waals surface area contributed by atoms with Gasteiger partial charge in [-0.2, -0.15) is 5.10 Å². The quantitative estimate of drug-likeness (QED) is 0.915. The van der Waals surface area contributed by atoms with E-state index in [9.17, 15) is 4.79 Å². The first-order valence-electron chi connectivity index (χ1n) is 6.57. The lowest BCUT2D eigenvalue weighted by molar-refractivity contribution is -0.136. The van der Waals surface area contributed by atoms with Gasteiger partial charge in [-0.15, -0.1) is 0 Å². The molecule has 0 aromatic carbocycles. The van der Waals surface area contributed by atoms with E-state index >= 15 is 0 Å². The Bertz CT molecular complexity index is 644. The first-order valence-corrected chi connectivity index (χ1v) is 6.57. The minimum absolute atomic E-state index is 0.00718. The number of aliphatic carboxylic acids is 1. The zero-order valence-electron chi connectivity index (χ0n) is 11.8. The van der Waals surface area contributed by atoms with Crippen LogP contribution >= 0.6 is 0 Å². The van der Waals surface area contributed by atoms with Crippen LogP contribution in [0.4, 0.5) is 0 Å². The number of carboxylic acids is 1. The molecule has 0 aliphatic heterocycles. The van der Waals surface area contributed by atoms with Crippen molar-refractivity contribution < 1.29 is 9.90 Å². The zero-order valence-corrected chi connectivity index (χ0v) is 11.8. The highest BCUT2D eigenvalue weighted by molar-refractivity contribution is 5.71. The molecule has 0 unspecified atom stereocenters. The van der Waals surface area contributed by atoms with Crippen LogP contribution in [0.15, 0.2) is 0 Å². The molecule has 0 amide bonds. The Morgan fingerprint density at radius 2 is 1.95 bits per heavy atom. The summed E-state index contributed by atoms with van der Waals surface area (Å²) in [5.41, 5.74) is 5.49. The molecule has 0 radical (unpaired) electrons. The Morgan fingerprint density at radius 1 is 1.26 bits per heavy atom. The van der Waals surface area contributed by atoms with Gasteiger partial charge >= 0.3 is 5.97 Å². The van der Waals surface area contributed by atoms with E-state index in [0.717, 1.165) is 46.7 Å². The number of hydrogen-bond acceptors (Lipinski definition) is 3. The molecule has 5 heteroatoms. The number of nitrogens with zero attached hydrogens (tertiary/aromatic N) is 3. The summed E-state index contributed by atoms with van der Waals surface area (Å²) in [6.45, 7) is 7.97. The smallest absolute Gasteiger partial charge is 0.307 e. The summed E-state index contributed by atoms with van der Waals surface area (Å²) in [5, 5.41) is 13.6. The second-order valence-electron chi connectivity index (χ2n) is 4.71. The first kappa shape index (κ1) is 13.5. The maximum atomic E-state index is 11.1. The number of aryl methyl sites for hydroxylation is 4. The Labute approximate surface area is 112 Å². The Hall–Kier alpha value is -1.91. The van der Waals surface area contributed by atoms with Crippen molar-refractivity contribution in [3.63, 3.8) is 0 Å². The normalized spacial score (nSPS) is 11.2. The fourth-order valence-electron chi connectivity index (χ4n) is 2.41. The van der Waals surface area contributed by atoms with Gasteiger partial charge in [-0.1, -0.05) is 13.8 Å². The number of hydrogen-bond donors (Lipinski definition) is 1. The topological polar surface area (TPSA) is 67.5 Å². The maximum absolute atomic E-state index is 11.1. The van der Waals surface area contributed by atoms with Gasteiger partial charge in [0.05, 0.1) is 12.1 Å². The van der Waals surface area contributed by atoms with Gasteiger partial charge in [0.25, 0.3) is 0 Å². The van der Waals surface area contributed by atoms with Gasteiger partial charge < -0.3 is 5.11 Å². The SMILES string of the molecule is CCc1nc2c(C)c(C)nn2c(CC)c1CC(=O)O. The molecule has 2 aromatic heterocycles. The largest absolute Gasteiger partial charge is 0.481 e. The van der Waals surface area contributed by atoms with Crippen LogP contribution < -0.4 is 0 Å². The number of carbonyl (C=O) groups is 1. The monoisotopic (exact) mass is 261 g/mol. The molecule has 2 rings (SSSR count). The highest BCUT2D eigenvalue weighted by atomic mass is 16.4. The Kier molecular flexibility index (Phi) is 3.55. The van der Waals surface area contributed by atoms with Crippen LogP contribution in [0.2, 0.25) is 0 Å². The first-order chi connectivity index (χ1) is 8.99. The van der Waals surface area contributed by atoms with E-state index in [4.69, 9.17) is 5.11 Å². The van der Waals surface area contributed by atoms with Crippen molar-refractivity contribution in [1.29, 1.82) is 0 Å². The molecule has 2 heterocycles. The third-order valence-electron chi connectivity index (χ3n) is 3.52. The van der Waals surface area contributed by atoms with E-state index in [1.165, 1.54) is 0 Å². The van der Waals surface area contributed by atoms with Crippen LogP contribution in [0.3, 0.4) is 0 Å². The maximum Gasteiger partial charge on any atom is 0.307 e. The van der Waals surface area contributed by atoms with Crippen LogP contribution in [0.25, 0.3) is 5.65 Å². The van der Waals surface area contributed by atoms with E-state index in [1.807, 2.05) is 32.2 Å². The summed E-state index contributed by atoms with van der Waals surface area (Å²) in [5.74, 6) is -0.828. The van der Waals surface area contributed by atoms with Gasteiger partial charge in [-0.25, -0.2) is 9.50 Å². The molecule has 0 saturated heterocycles. The number of rotatable bonds is 4.